The highest BCUT2D eigenvalue weighted by Crippen LogP contribution is 2.30. The van der Waals surface area contributed by atoms with Crippen LogP contribution in [0.3, 0.4) is 0 Å². The number of hydrogen-bond donors (Lipinski definition) is 1. The van der Waals surface area contributed by atoms with Crippen molar-refractivity contribution in [2.75, 3.05) is 0 Å². The number of rotatable bonds is 5. The monoisotopic (exact) mass is 500 g/mol. The third-order valence-corrected chi connectivity index (χ3v) is 5.94. The number of amidine groups is 1. The van der Waals surface area contributed by atoms with Crippen LogP contribution in [0.1, 0.15) is 21.5 Å². The molecule has 0 spiro atoms. The molecule has 1 aliphatic heterocycles. The molecule has 3 aromatic carbocycles. The lowest BCUT2D eigenvalue weighted by atomic mass is 10.2. The Hall–Kier alpha value is -3.13. The second-order valence-corrected chi connectivity index (χ2v) is 8.78. The predicted octanol–water partition coefficient (Wildman–Crippen LogP) is 6.11. The van der Waals surface area contributed by atoms with E-state index < -0.39 is 5.91 Å². The third-order valence-electron chi connectivity index (χ3n) is 4.48. The normalized spacial score (nSPS) is 15.7. The van der Waals surface area contributed by atoms with Crippen LogP contribution in [0.15, 0.2) is 76.6 Å². The molecule has 2 amide bonds. The molecule has 0 aliphatic carbocycles. The van der Waals surface area contributed by atoms with Crippen molar-refractivity contribution in [3.63, 3.8) is 0 Å². The topological polar surface area (TPSA) is 67.8 Å². The number of hydrogen-bond acceptors (Lipinski definition) is 4. The zero-order chi connectivity index (χ0) is 23.4. The molecule has 33 heavy (non-hydrogen) atoms. The number of nitrogens with zero attached hydrogens (tertiary/aromatic N) is 1. The van der Waals surface area contributed by atoms with Gasteiger partial charge in [-0.3, -0.25) is 9.59 Å². The largest absolute Gasteiger partial charge is 0.487 e. The number of ether oxygens (including phenoxy) is 1. The maximum atomic E-state index is 13.3. The first-order valence-corrected chi connectivity index (χ1v) is 11.2. The molecule has 0 bridgehead atoms. The van der Waals surface area contributed by atoms with Crippen LogP contribution in [0.4, 0.5) is 4.39 Å². The summed E-state index contributed by atoms with van der Waals surface area (Å²) < 4.78 is 19.0. The minimum Gasteiger partial charge on any atom is -0.487 e. The van der Waals surface area contributed by atoms with Crippen LogP contribution >= 0.6 is 35.0 Å². The zero-order valence-corrected chi connectivity index (χ0v) is 19.2. The van der Waals surface area contributed by atoms with E-state index in [1.54, 1.807) is 60.7 Å². The molecular formula is C24H15Cl2FN2O3S. The van der Waals surface area contributed by atoms with Gasteiger partial charge < -0.3 is 10.1 Å². The van der Waals surface area contributed by atoms with E-state index in [1.807, 2.05) is 0 Å². The van der Waals surface area contributed by atoms with Crippen molar-refractivity contribution in [1.82, 2.24) is 5.32 Å². The van der Waals surface area contributed by atoms with Gasteiger partial charge in [0.25, 0.3) is 11.8 Å². The highest BCUT2D eigenvalue weighted by Gasteiger charge is 2.25. The first-order valence-electron chi connectivity index (χ1n) is 9.64. The summed E-state index contributed by atoms with van der Waals surface area (Å²) >= 11 is 13.2. The van der Waals surface area contributed by atoms with Gasteiger partial charge in [-0.05, 0) is 77.5 Å². The first kappa shape index (κ1) is 23.0. The van der Waals surface area contributed by atoms with Crippen molar-refractivity contribution in [3.05, 3.63) is 104 Å². The number of benzene rings is 3. The molecule has 1 N–H and O–H groups in total. The van der Waals surface area contributed by atoms with E-state index in [1.165, 1.54) is 12.1 Å². The summed E-state index contributed by atoms with van der Waals surface area (Å²) in [5.41, 5.74) is 1.71. The number of nitrogens with one attached hydrogen (secondary N) is 1. The Morgan fingerprint density at radius 1 is 1.09 bits per heavy atom. The van der Waals surface area contributed by atoms with E-state index in [9.17, 15) is 14.0 Å². The fourth-order valence-corrected chi connectivity index (χ4v) is 4.08. The van der Waals surface area contributed by atoms with Crippen molar-refractivity contribution >= 4 is 58.0 Å². The number of amides is 2. The number of carbonyl (C=O) groups is 2. The lowest BCUT2D eigenvalue weighted by Crippen LogP contribution is -2.20. The Morgan fingerprint density at radius 3 is 2.61 bits per heavy atom. The van der Waals surface area contributed by atoms with Gasteiger partial charge in [0, 0.05) is 10.6 Å². The average Bonchev–Trinajstić information content (AvgIpc) is 3.12. The van der Waals surface area contributed by atoms with Crippen LogP contribution in [0.2, 0.25) is 10.0 Å². The summed E-state index contributed by atoms with van der Waals surface area (Å²) in [6, 6.07) is 17.5. The van der Waals surface area contributed by atoms with Crippen molar-refractivity contribution in [2.24, 2.45) is 4.99 Å². The van der Waals surface area contributed by atoms with Crippen LogP contribution in [-0.4, -0.2) is 17.0 Å². The quantitative estimate of drug-likeness (QED) is 0.429. The van der Waals surface area contributed by atoms with Crippen molar-refractivity contribution in [2.45, 2.75) is 6.61 Å². The Kier molecular flexibility index (Phi) is 7.13. The molecule has 0 unspecified atom stereocenters. The minimum absolute atomic E-state index is 0.164. The fraction of sp³-hybridized carbons (Fsp3) is 0.0417. The molecular weight excluding hydrogens is 486 g/mol. The summed E-state index contributed by atoms with van der Waals surface area (Å²) in [4.78, 5) is 28.9. The van der Waals surface area contributed by atoms with E-state index in [-0.39, 0.29) is 23.5 Å². The maximum Gasteiger partial charge on any atom is 0.279 e. The fourth-order valence-electron chi connectivity index (χ4n) is 2.89. The first-order chi connectivity index (χ1) is 15.9. The molecule has 0 atom stereocenters. The van der Waals surface area contributed by atoms with Crippen LogP contribution < -0.4 is 10.1 Å². The summed E-state index contributed by atoms with van der Waals surface area (Å²) in [6.45, 7) is 0.164. The van der Waals surface area contributed by atoms with Gasteiger partial charge in [-0.15, -0.1) is 0 Å². The zero-order valence-electron chi connectivity index (χ0n) is 16.8. The van der Waals surface area contributed by atoms with Crippen molar-refractivity contribution in [3.8, 4) is 5.75 Å². The number of halogens is 3. The minimum atomic E-state index is -0.487. The number of carbonyl (C=O) groups excluding carboxylic acids is 2. The van der Waals surface area contributed by atoms with E-state index in [0.29, 0.717) is 37.4 Å². The highest BCUT2D eigenvalue weighted by atomic mass is 35.5. The summed E-state index contributed by atoms with van der Waals surface area (Å²) in [6.07, 6.45) is 1.64. The second kappa shape index (κ2) is 10.2. The van der Waals surface area contributed by atoms with Gasteiger partial charge in [0.2, 0.25) is 0 Å². The molecule has 3 aromatic rings. The molecule has 1 fully saturated rings. The molecule has 0 saturated carbocycles. The van der Waals surface area contributed by atoms with Crippen molar-refractivity contribution in [1.29, 1.82) is 0 Å². The van der Waals surface area contributed by atoms with Crippen LogP contribution in [0, 0.1) is 5.82 Å². The van der Waals surface area contributed by atoms with Crippen LogP contribution in [0.25, 0.3) is 6.08 Å². The lowest BCUT2D eigenvalue weighted by Gasteiger charge is -2.09. The lowest BCUT2D eigenvalue weighted by molar-refractivity contribution is -0.115. The molecule has 0 aromatic heterocycles. The summed E-state index contributed by atoms with van der Waals surface area (Å²) in [5.74, 6) is -0.763. The highest BCUT2D eigenvalue weighted by molar-refractivity contribution is 8.18. The Bertz CT molecular complexity index is 1290. The van der Waals surface area contributed by atoms with E-state index in [4.69, 9.17) is 27.9 Å². The van der Waals surface area contributed by atoms with Gasteiger partial charge in [0.05, 0.1) is 9.93 Å². The van der Waals surface area contributed by atoms with Gasteiger partial charge in [-0.25, -0.2) is 4.39 Å². The molecule has 1 aliphatic rings. The maximum absolute atomic E-state index is 13.3. The SMILES string of the molecule is O=C1NC(=NC(=O)c2ccc(Cl)cc2)S/C1=C\c1ccc(OCc2cccc(F)c2)c(Cl)c1. The summed E-state index contributed by atoms with van der Waals surface area (Å²) in [5, 5.41) is 3.62. The number of thioether (sulfide) groups is 1. The molecule has 1 saturated heterocycles. The molecule has 5 nitrogen and oxygen atoms in total. The van der Waals surface area contributed by atoms with Gasteiger partial charge >= 0.3 is 0 Å². The Balaban J connectivity index is 1.44. The molecule has 0 radical (unpaired) electrons. The smallest absolute Gasteiger partial charge is 0.279 e. The molecule has 1 heterocycles. The standard InChI is InChI=1S/C24H15Cl2FN2O3S/c25-17-7-5-16(6-8-17)22(30)28-24-29-23(31)21(33-24)12-14-4-9-20(19(26)11-14)32-13-15-2-1-3-18(27)10-15/h1-12H,13H2,(H,28,29,30,31)/b21-12-. The van der Waals surface area contributed by atoms with Gasteiger partial charge in [0.1, 0.15) is 18.2 Å². The van der Waals surface area contributed by atoms with Gasteiger partial charge in [-0.2, -0.15) is 4.99 Å². The molecule has 9 heteroatoms. The third kappa shape index (κ3) is 6.01. The van der Waals surface area contributed by atoms with Gasteiger partial charge in [-0.1, -0.05) is 41.4 Å². The Morgan fingerprint density at radius 2 is 1.88 bits per heavy atom. The molecule has 166 valence electrons. The van der Waals surface area contributed by atoms with E-state index in [2.05, 4.69) is 10.3 Å². The molecule has 4 rings (SSSR count). The van der Waals surface area contributed by atoms with Gasteiger partial charge in [0.15, 0.2) is 5.17 Å². The van der Waals surface area contributed by atoms with E-state index in [0.717, 1.165) is 11.8 Å². The predicted molar refractivity (Wildman–Crippen MR) is 129 cm³/mol. The van der Waals surface area contributed by atoms with E-state index >= 15 is 0 Å². The summed E-state index contributed by atoms with van der Waals surface area (Å²) in [7, 11) is 0. The van der Waals surface area contributed by atoms with Crippen molar-refractivity contribution < 1.29 is 18.7 Å². The average molecular weight is 501 g/mol. The second-order valence-electron chi connectivity index (χ2n) is 6.90. The Labute approximate surface area is 203 Å². The van der Waals surface area contributed by atoms with Crippen LogP contribution in [0.5, 0.6) is 5.75 Å². The number of aliphatic imine (C=N–C) groups is 1. The van der Waals surface area contributed by atoms with Crippen LogP contribution in [-0.2, 0) is 11.4 Å².